The Morgan fingerprint density at radius 3 is 2.69 bits per heavy atom. The van der Waals surface area contributed by atoms with Crippen LogP contribution in [-0.4, -0.2) is 48.1 Å². The first-order chi connectivity index (χ1) is 16.5. The van der Waals surface area contributed by atoms with Crippen molar-refractivity contribution in [3.63, 3.8) is 0 Å². The van der Waals surface area contributed by atoms with Gasteiger partial charge in [0.25, 0.3) is 5.91 Å². The number of nitrogens with zero attached hydrogens (tertiary/aromatic N) is 3. The topological polar surface area (TPSA) is 108 Å². The number of fused-ring (bicyclic) bond motifs is 1. The van der Waals surface area contributed by atoms with Crippen LogP contribution in [0.5, 0.6) is 0 Å². The van der Waals surface area contributed by atoms with Crippen molar-refractivity contribution in [3.8, 4) is 11.1 Å². The van der Waals surface area contributed by atoms with E-state index in [1.807, 2.05) is 13.8 Å². The van der Waals surface area contributed by atoms with Crippen molar-refractivity contribution < 1.29 is 24.2 Å². The number of aliphatic hydroxyl groups is 1. The second-order valence-electron chi connectivity index (χ2n) is 9.13. The van der Waals surface area contributed by atoms with Gasteiger partial charge in [0.1, 0.15) is 17.3 Å². The van der Waals surface area contributed by atoms with Crippen LogP contribution in [0.4, 0.5) is 10.2 Å². The Labute approximate surface area is 207 Å². The molecule has 8 nitrogen and oxygen atoms in total. The molecule has 35 heavy (non-hydrogen) atoms. The molecule has 0 fully saturated rings. The van der Waals surface area contributed by atoms with Crippen LogP contribution in [0.1, 0.15) is 42.4 Å². The number of carboxylic acids is 1. The Bertz CT molecular complexity index is 1310. The molecule has 2 aromatic heterocycles. The van der Waals surface area contributed by atoms with E-state index in [9.17, 15) is 24.2 Å². The molecule has 0 aliphatic carbocycles. The number of amides is 1. The summed E-state index contributed by atoms with van der Waals surface area (Å²) in [6.45, 7) is 4.86. The lowest BCUT2D eigenvalue weighted by molar-refractivity contribution is -0.150. The molecule has 0 radical (unpaired) electrons. The van der Waals surface area contributed by atoms with E-state index >= 15 is 0 Å². The lowest BCUT2D eigenvalue weighted by Crippen LogP contribution is -2.60. The molecule has 1 aliphatic heterocycles. The maximum absolute atomic E-state index is 13.9. The van der Waals surface area contributed by atoms with E-state index in [1.165, 1.54) is 36.2 Å². The smallest absolute Gasteiger partial charge is 0.331 e. The van der Waals surface area contributed by atoms with Crippen LogP contribution in [-0.2, 0) is 24.5 Å². The molecule has 3 N–H and O–H groups in total. The van der Waals surface area contributed by atoms with Crippen LogP contribution in [0.25, 0.3) is 11.1 Å². The molecule has 1 aromatic carbocycles. The average molecular weight is 501 g/mol. The molecule has 3 aromatic rings. The highest BCUT2D eigenvalue weighted by Gasteiger charge is 2.47. The van der Waals surface area contributed by atoms with Crippen LogP contribution in [0.15, 0.2) is 42.7 Å². The monoisotopic (exact) mass is 500 g/mol. The summed E-state index contributed by atoms with van der Waals surface area (Å²) in [5.74, 6) is -1.64. The Balaban J connectivity index is 1.77. The van der Waals surface area contributed by atoms with Gasteiger partial charge in [0.2, 0.25) is 0 Å². The number of halogens is 2. The molecule has 4 rings (SSSR count). The van der Waals surface area contributed by atoms with Crippen LogP contribution in [0.3, 0.4) is 0 Å². The number of pyridine rings is 1. The zero-order valence-electron chi connectivity index (χ0n) is 19.5. The normalized spacial score (nSPS) is 17.6. The molecule has 184 valence electrons. The van der Waals surface area contributed by atoms with Gasteiger partial charge >= 0.3 is 5.97 Å². The number of benzene rings is 1. The number of hydrogen-bond acceptors (Lipinski definition) is 5. The predicted molar refractivity (Wildman–Crippen MR) is 130 cm³/mol. The molecule has 0 saturated carbocycles. The van der Waals surface area contributed by atoms with E-state index in [0.29, 0.717) is 33.1 Å². The van der Waals surface area contributed by atoms with E-state index in [2.05, 4.69) is 10.3 Å². The fourth-order valence-corrected chi connectivity index (χ4v) is 4.49. The molecule has 1 amide bonds. The molecule has 1 atom stereocenters. The van der Waals surface area contributed by atoms with Gasteiger partial charge in [-0.15, -0.1) is 0 Å². The maximum atomic E-state index is 13.9. The minimum atomic E-state index is -1.61. The van der Waals surface area contributed by atoms with Gasteiger partial charge in [-0.25, -0.2) is 14.2 Å². The fraction of sp³-hybridized carbons (Fsp3) is 0.320. The maximum Gasteiger partial charge on any atom is 0.331 e. The van der Waals surface area contributed by atoms with Gasteiger partial charge in [-0.2, -0.15) is 0 Å². The van der Waals surface area contributed by atoms with E-state index in [-0.39, 0.29) is 31.4 Å². The summed E-state index contributed by atoms with van der Waals surface area (Å²) in [5.41, 5.74) is 0.732. The molecule has 3 heterocycles. The van der Waals surface area contributed by atoms with Crippen LogP contribution in [0.2, 0.25) is 5.02 Å². The number of carbonyl (C=O) groups excluding carboxylic acids is 1. The highest BCUT2D eigenvalue weighted by atomic mass is 35.5. The minimum absolute atomic E-state index is 0.0208. The molecule has 0 saturated heterocycles. The number of carbonyl (C=O) groups is 2. The van der Waals surface area contributed by atoms with Crippen molar-refractivity contribution in [1.29, 1.82) is 0 Å². The molecule has 10 heteroatoms. The second-order valence-corrected chi connectivity index (χ2v) is 9.54. The minimum Gasteiger partial charge on any atom is -0.479 e. The van der Waals surface area contributed by atoms with E-state index < -0.39 is 23.2 Å². The first-order valence-corrected chi connectivity index (χ1v) is 11.5. The van der Waals surface area contributed by atoms with Gasteiger partial charge in [-0.3, -0.25) is 4.79 Å². The van der Waals surface area contributed by atoms with Crippen molar-refractivity contribution in [2.24, 2.45) is 0 Å². The van der Waals surface area contributed by atoms with Gasteiger partial charge in [-0.1, -0.05) is 17.7 Å². The number of nitrogens with one attached hydrogen (secondary N) is 1. The highest BCUT2D eigenvalue weighted by molar-refractivity contribution is 6.33. The van der Waals surface area contributed by atoms with Crippen molar-refractivity contribution in [3.05, 3.63) is 70.4 Å². The molecule has 1 unspecified atom stereocenters. The Kier molecular flexibility index (Phi) is 6.57. The lowest BCUT2D eigenvalue weighted by atomic mass is 9.94. The average Bonchev–Trinajstić information content (AvgIpc) is 3.21. The zero-order valence-corrected chi connectivity index (χ0v) is 20.3. The molecule has 0 spiro atoms. The van der Waals surface area contributed by atoms with E-state index in [1.54, 1.807) is 22.9 Å². The zero-order chi connectivity index (χ0) is 25.5. The molecule has 1 aliphatic rings. The van der Waals surface area contributed by atoms with E-state index in [4.69, 9.17) is 11.6 Å². The number of aromatic nitrogens is 2. The van der Waals surface area contributed by atoms with Crippen LogP contribution in [0, 0.1) is 5.82 Å². The summed E-state index contributed by atoms with van der Waals surface area (Å²) in [4.78, 5) is 31.4. The van der Waals surface area contributed by atoms with Gasteiger partial charge in [0.15, 0.2) is 5.54 Å². The second kappa shape index (κ2) is 9.31. The number of aliphatic hydroxyl groups excluding tert-OH is 1. The number of hydrogen-bond donors (Lipinski definition) is 3. The summed E-state index contributed by atoms with van der Waals surface area (Å²) in [5, 5.41) is 23.4. The quantitative estimate of drug-likeness (QED) is 0.450. The summed E-state index contributed by atoms with van der Waals surface area (Å²) in [6, 6.07) is 7.43. The molecule has 0 bridgehead atoms. The Morgan fingerprint density at radius 2 is 2.03 bits per heavy atom. The van der Waals surface area contributed by atoms with Gasteiger partial charge < -0.3 is 25.0 Å². The SMILES string of the molecule is CC(C)Nc1cc(-c2cc3n(c2)CC(C)(C(=O)O)N(Cc2cc(F)ccc2CO)C3=O)c(Cl)cn1. The summed E-state index contributed by atoms with van der Waals surface area (Å²) < 4.78 is 15.5. The number of rotatable bonds is 7. The first-order valence-electron chi connectivity index (χ1n) is 11.1. The first kappa shape index (κ1) is 24.7. The van der Waals surface area contributed by atoms with Crippen LogP contribution < -0.4 is 5.32 Å². The van der Waals surface area contributed by atoms with Crippen molar-refractivity contribution >= 4 is 29.3 Å². The van der Waals surface area contributed by atoms with Gasteiger partial charge in [0, 0.05) is 36.1 Å². The molecular weight excluding hydrogens is 475 g/mol. The van der Waals surface area contributed by atoms with Crippen molar-refractivity contribution in [1.82, 2.24) is 14.5 Å². The Hall–Kier alpha value is -3.43. The van der Waals surface area contributed by atoms with Crippen molar-refractivity contribution in [2.75, 3.05) is 5.32 Å². The largest absolute Gasteiger partial charge is 0.479 e. The van der Waals surface area contributed by atoms with E-state index in [0.717, 1.165) is 0 Å². The number of anilines is 1. The fourth-order valence-electron chi connectivity index (χ4n) is 4.28. The third-order valence-electron chi connectivity index (χ3n) is 6.17. The summed E-state index contributed by atoms with van der Waals surface area (Å²) in [7, 11) is 0. The highest BCUT2D eigenvalue weighted by Crippen LogP contribution is 2.36. The predicted octanol–water partition coefficient (Wildman–Crippen LogP) is 4.15. The molecular formula is C25H26ClFN4O4. The van der Waals surface area contributed by atoms with Gasteiger partial charge in [-0.05, 0) is 56.2 Å². The van der Waals surface area contributed by atoms with Crippen LogP contribution >= 0.6 is 11.6 Å². The number of aliphatic carboxylic acids is 1. The van der Waals surface area contributed by atoms with Crippen molar-refractivity contribution in [2.45, 2.75) is 52.0 Å². The Morgan fingerprint density at radius 1 is 1.29 bits per heavy atom. The number of carboxylic acid groups (broad SMARTS) is 1. The summed E-state index contributed by atoms with van der Waals surface area (Å²) >= 11 is 6.41. The third kappa shape index (κ3) is 4.61. The third-order valence-corrected chi connectivity index (χ3v) is 6.47. The lowest BCUT2D eigenvalue weighted by Gasteiger charge is -2.42. The summed E-state index contributed by atoms with van der Waals surface area (Å²) in [6.07, 6.45) is 3.22. The van der Waals surface area contributed by atoms with Gasteiger partial charge in [0.05, 0.1) is 18.2 Å². The standard InChI is InChI=1S/C25H26ClFN4O4/c1-14(2)29-22-8-19(20(26)9-28-22)17-7-21-23(33)31(25(3,24(34)35)13-30(21)10-17)11-16-6-18(27)5-4-15(16)12-32/h4-10,14,32H,11-13H2,1-3H3,(H,28,29)(H,34,35).